The van der Waals surface area contributed by atoms with E-state index < -0.39 is 0 Å². The van der Waals surface area contributed by atoms with Crippen molar-refractivity contribution in [1.29, 1.82) is 5.26 Å². The van der Waals surface area contributed by atoms with Crippen molar-refractivity contribution < 1.29 is 0 Å². The molecule has 1 saturated carbocycles. The average Bonchev–Trinajstić information content (AvgIpc) is 2.92. The highest BCUT2D eigenvalue weighted by Gasteiger charge is 2.31. The van der Waals surface area contributed by atoms with Gasteiger partial charge in [-0.05, 0) is 30.4 Å². The maximum atomic E-state index is 8.80. The molecule has 1 aliphatic rings. The number of hydrogen-bond donors (Lipinski definition) is 1. The zero-order chi connectivity index (χ0) is 9.97. The van der Waals surface area contributed by atoms with Crippen LogP contribution >= 0.6 is 0 Å². The van der Waals surface area contributed by atoms with E-state index in [-0.39, 0.29) is 0 Å². The van der Waals surface area contributed by atoms with Crippen LogP contribution in [0.4, 0.5) is 5.69 Å². The van der Waals surface area contributed by atoms with Gasteiger partial charge in [-0.3, -0.25) is 0 Å². The molecule has 0 radical (unpaired) electrons. The van der Waals surface area contributed by atoms with Gasteiger partial charge in [-0.1, -0.05) is 6.92 Å². The minimum atomic E-state index is 0.487. The van der Waals surface area contributed by atoms with Gasteiger partial charge >= 0.3 is 0 Å². The van der Waals surface area contributed by atoms with Crippen LogP contribution in [0.25, 0.3) is 0 Å². The van der Waals surface area contributed by atoms with Crippen molar-refractivity contribution in [3.63, 3.8) is 0 Å². The predicted octanol–water partition coefficient (Wildman–Crippen LogP) is 2.02. The summed E-state index contributed by atoms with van der Waals surface area (Å²) < 4.78 is 0. The van der Waals surface area contributed by atoms with E-state index in [2.05, 4.69) is 23.3 Å². The summed E-state index contributed by atoms with van der Waals surface area (Å²) in [5, 5.41) is 12.1. The number of rotatable bonds is 3. The lowest BCUT2D eigenvalue weighted by atomic mass is 10.3. The summed E-state index contributed by atoms with van der Waals surface area (Å²) in [6, 6.07) is 5.83. The first kappa shape index (κ1) is 9.01. The zero-order valence-electron chi connectivity index (χ0n) is 8.20. The highest BCUT2D eigenvalue weighted by Crippen LogP contribution is 2.37. The van der Waals surface area contributed by atoms with Crippen molar-refractivity contribution in [2.24, 2.45) is 11.8 Å². The van der Waals surface area contributed by atoms with Gasteiger partial charge in [-0.2, -0.15) is 5.26 Å². The van der Waals surface area contributed by atoms with Crippen LogP contribution in [-0.4, -0.2) is 11.5 Å². The Balaban J connectivity index is 1.98. The van der Waals surface area contributed by atoms with Crippen molar-refractivity contribution >= 4 is 5.69 Å². The molecular formula is C11H13N3. The molecule has 2 atom stereocenters. The maximum absolute atomic E-state index is 8.80. The van der Waals surface area contributed by atoms with Gasteiger partial charge in [0.2, 0.25) is 0 Å². The van der Waals surface area contributed by atoms with Gasteiger partial charge in [0.25, 0.3) is 0 Å². The van der Waals surface area contributed by atoms with E-state index in [0.717, 1.165) is 24.1 Å². The summed E-state index contributed by atoms with van der Waals surface area (Å²) in [4.78, 5) is 3.99. The van der Waals surface area contributed by atoms with Crippen molar-refractivity contribution in [3.05, 3.63) is 24.0 Å². The summed E-state index contributed by atoms with van der Waals surface area (Å²) in [6.07, 6.45) is 2.94. The highest BCUT2D eigenvalue weighted by molar-refractivity contribution is 5.53. The summed E-state index contributed by atoms with van der Waals surface area (Å²) >= 11 is 0. The second-order valence-corrected chi connectivity index (χ2v) is 3.87. The lowest BCUT2D eigenvalue weighted by Crippen LogP contribution is -2.06. The molecule has 1 heterocycles. The summed E-state index contributed by atoms with van der Waals surface area (Å²) in [6.45, 7) is 3.21. The third kappa shape index (κ3) is 1.85. The number of nitriles is 1. The van der Waals surface area contributed by atoms with E-state index in [9.17, 15) is 0 Å². The van der Waals surface area contributed by atoms with Gasteiger partial charge in [0, 0.05) is 12.7 Å². The van der Waals surface area contributed by atoms with Crippen LogP contribution < -0.4 is 5.32 Å². The molecule has 0 amide bonds. The molecule has 0 bridgehead atoms. The molecule has 1 fully saturated rings. The standard InChI is InChI=1S/C11H13N3/c1-8-5-9(8)7-14-10-3-2-4-13-11(10)6-12/h2-4,8-9,14H,5,7H2,1H3. The van der Waals surface area contributed by atoms with Crippen LogP contribution in [0.1, 0.15) is 19.0 Å². The molecular weight excluding hydrogens is 174 g/mol. The first-order chi connectivity index (χ1) is 6.81. The Bertz CT molecular complexity index is 367. The van der Waals surface area contributed by atoms with Gasteiger partial charge in [-0.15, -0.1) is 0 Å². The fraction of sp³-hybridized carbons (Fsp3) is 0.455. The van der Waals surface area contributed by atoms with Crippen molar-refractivity contribution in [2.45, 2.75) is 13.3 Å². The molecule has 1 aromatic heterocycles. The van der Waals surface area contributed by atoms with E-state index in [1.165, 1.54) is 6.42 Å². The summed E-state index contributed by atoms with van der Waals surface area (Å²) in [5.74, 6) is 1.62. The molecule has 72 valence electrons. The van der Waals surface area contributed by atoms with Crippen LogP contribution in [0.3, 0.4) is 0 Å². The topological polar surface area (TPSA) is 48.7 Å². The van der Waals surface area contributed by atoms with Crippen LogP contribution in [0.15, 0.2) is 18.3 Å². The second kappa shape index (κ2) is 3.67. The third-order valence-corrected chi connectivity index (χ3v) is 2.74. The van der Waals surface area contributed by atoms with Gasteiger partial charge < -0.3 is 5.32 Å². The number of nitrogens with one attached hydrogen (secondary N) is 1. The molecule has 0 saturated heterocycles. The number of aromatic nitrogens is 1. The molecule has 14 heavy (non-hydrogen) atoms. The third-order valence-electron chi connectivity index (χ3n) is 2.74. The molecule has 1 aliphatic carbocycles. The summed E-state index contributed by atoms with van der Waals surface area (Å²) in [7, 11) is 0. The van der Waals surface area contributed by atoms with Gasteiger partial charge in [0.1, 0.15) is 6.07 Å². The minimum Gasteiger partial charge on any atom is -0.382 e. The minimum absolute atomic E-state index is 0.487. The molecule has 1 aromatic rings. The van der Waals surface area contributed by atoms with E-state index in [1.807, 2.05) is 12.1 Å². The predicted molar refractivity (Wildman–Crippen MR) is 54.7 cm³/mol. The number of anilines is 1. The second-order valence-electron chi connectivity index (χ2n) is 3.87. The normalized spacial score (nSPS) is 24.0. The highest BCUT2D eigenvalue weighted by atomic mass is 14.9. The Morgan fingerprint density at radius 3 is 3.14 bits per heavy atom. The van der Waals surface area contributed by atoms with Crippen LogP contribution in [0, 0.1) is 23.2 Å². The Labute approximate surface area is 83.8 Å². The zero-order valence-corrected chi connectivity index (χ0v) is 8.20. The number of hydrogen-bond acceptors (Lipinski definition) is 3. The lowest BCUT2D eigenvalue weighted by Gasteiger charge is -2.05. The quantitative estimate of drug-likeness (QED) is 0.787. The van der Waals surface area contributed by atoms with E-state index in [4.69, 9.17) is 5.26 Å². The summed E-state index contributed by atoms with van der Waals surface area (Å²) in [5.41, 5.74) is 1.34. The molecule has 1 N–H and O–H groups in total. The molecule has 0 spiro atoms. The molecule has 0 aromatic carbocycles. The average molecular weight is 187 g/mol. The van der Waals surface area contributed by atoms with Gasteiger partial charge in [0.15, 0.2) is 5.69 Å². The van der Waals surface area contributed by atoms with Crippen molar-refractivity contribution in [2.75, 3.05) is 11.9 Å². The number of nitrogens with zero attached hydrogens (tertiary/aromatic N) is 2. The maximum Gasteiger partial charge on any atom is 0.163 e. The molecule has 2 rings (SSSR count). The van der Waals surface area contributed by atoms with Crippen molar-refractivity contribution in [3.8, 4) is 6.07 Å². The fourth-order valence-electron chi connectivity index (χ4n) is 1.56. The Morgan fingerprint density at radius 2 is 2.50 bits per heavy atom. The van der Waals surface area contributed by atoms with E-state index in [0.29, 0.717) is 5.69 Å². The smallest absolute Gasteiger partial charge is 0.163 e. The Morgan fingerprint density at radius 1 is 1.71 bits per heavy atom. The Hall–Kier alpha value is -1.56. The molecule has 2 unspecified atom stereocenters. The lowest BCUT2D eigenvalue weighted by molar-refractivity contribution is 0.786. The molecule has 3 nitrogen and oxygen atoms in total. The van der Waals surface area contributed by atoms with E-state index in [1.54, 1.807) is 6.20 Å². The first-order valence-corrected chi connectivity index (χ1v) is 4.90. The first-order valence-electron chi connectivity index (χ1n) is 4.90. The monoisotopic (exact) mass is 187 g/mol. The van der Waals surface area contributed by atoms with Crippen LogP contribution in [0.2, 0.25) is 0 Å². The van der Waals surface area contributed by atoms with Gasteiger partial charge in [-0.25, -0.2) is 4.98 Å². The SMILES string of the molecule is CC1CC1CNc1cccnc1C#N. The molecule has 0 aliphatic heterocycles. The van der Waals surface area contributed by atoms with Crippen LogP contribution in [-0.2, 0) is 0 Å². The van der Waals surface area contributed by atoms with Crippen molar-refractivity contribution in [1.82, 2.24) is 4.98 Å². The number of pyridine rings is 1. The van der Waals surface area contributed by atoms with E-state index >= 15 is 0 Å². The fourth-order valence-corrected chi connectivity index (χ4v) is 1.56. The largest absolute Gasteiger partial charge is 0.382 e. The molecule has 3 heteroatoms. The van der Waals surface area contributed by atoms with Gasteiger partial charge in [0.05, 0.1) is 5.69 Å². The Kier molecular flexibility index (Phi) is 2.36. The van der Waals surface area contributed by atoms with Crippen LogP contribution in [0.5, 0.6) is 0 Å².